The molecule has 98 valence electrons. The predicted octanol–water partition coefficient (Wildman–Crippen LogP) is 2.72. The topological polar surface area (TPSA) is 41.1 Å². The second kappa shape index (κ2) is 6.55. The maximum atomic E-state index is 11.6. The smallest absolute Gasteiger partial charge is 0.238 e. The predicted molar refractivity (Wildman–Crippen MR) is 74.7 cm³/mol. The molecule has 0 aromatic heterocycles. The van der Waals surface area contributed by atoms with Gasteiger partial charge in [-0.3, -0.25) is 4.79 Å². The third-order valence-electron chi connectivity index (χ3n) is 3.19. The summed E-state index contributed by atoms with van der Waals surface area (Å²) < 4.78 is 0. The molecule has 0 bridgehead atoms. The van der Waals surface area contributed by atoms with Gasteiger partial charge >= 0.3 is 0 Å². The largest absolute Gasteiger partial charge is 0.325 e. The van der Waals surface area contributed by atoms with E-state index < -0.39 is 0 Å². The number of benzene rings is 1. The van der Waals surface area contributed by atoms with Gasteiger partial charge < -0.3 is 10.6 Å². The molecule has 0 spiro atoms. The van der Waals surface area contributed by atoms with Crippen molar-refractivity contribution in [3.05, 3.63) is 29.8 Å². The first kappa shape index (κ1) is 13.1. The molecule has 0 atom stereocenters. The first-order valence-corrected chi connectivity index (χ1v) is 6.90. The molecular formula is C15H22N2O. The van der Waals surface area contributed by atoms with Crippen LogP contribution in [0.4, 0.5) is 5.69 Å². The molecule has 1 aliphatic carbocycles. The van der Waals surface area contributed by atoms with Gasteiger partial charge in [0, 0.05) is 11.7 Å². The van der Waals surface area contributed by atoms with E-state index >= 15 is 0 Å². The van der Waals surface area contributed by atoms with E-state index in [2.05, 4.69) is 29.7 Å². The molecule has 1 amide bonds. The van der Waals surface area contributed by atoms with Crippen LogP contribution >= 0.6 is 0 Å². The normalized spacial score (nSPS) is 14.5. The fourth-order valence-corrected chi connectivity index (χ4v) is 1.87. The van der Waals surface area contributed by atoms with Crippen LogP contribution in [0.3, 0.4) is 0 Å². The van der Waals surface area contributed by atoms with E-state index in [-0.39, 0.29) is 5.91 Å². The lowest BCUT2D eigenvalue weighted by Gasteiger charge is -2.07. The Labute approximate surface area is 109 Å². The summed E-state index contributed by atoms with van der Waals surface area (Å²) in [5.74, 6) is 0.0446. The van der Waals surface area contributed by atoms with Crippen molar-refractivity contribution in [3.8, 4) is 0 Å². The minimum absolute atomic E-state index is 0.0446. The summed E-state index contributed by atoms with van der Waals surface area (Å²) in [6.45, 7) is 2.61. The lowest BCUT2D eigenvalue weighted by atomic mass is 10.1. The third-order valence-corrected chi connectivity index (χ3v) is 3.19. The fraction of sp³-hybridized carbons (Fsp3) is 0.533. The number of amides is 1. The summed E-state index contributed by atoms with van der Waals surface area (Å²) in [5.41, 5.74) is 2.23. The lowest BCUT2D eigenvalue weighted by molar-refractivity contribution is -0.115. The maximum absolute atomic E-state index is 11.6. The van der Waals surface area contributed by atoms with E-state index in [0.717, 1.165) is 12.1 Å². The van der Waals surface area contributed by atoms with Crippen LogP contribution in [0.15, 0.2) is 24.3 Å². The molecular weight excluding hydrogens is 224 g/mol. The van der Waals surface area contributed by atoms with Crippen molar-refractivity contribution in [1.82, 2.24) is 5.32 Å². The molecule has 0 saturated heterocycles. The highest BCUT2D eigenvalue weighted by Crippen LogP contribution is 2.18. The third kappa shape index (κ3) is 4.49. The van der Waals surface area contributed by atoms with Gasteiger partial charge in [-0.25, -0.2) is 0 Å². The molecule has 0 radical (unpaired) electrons. The van der Waals surface area contributed by atoms with Gasteiger partial charge in [0.25, 0.3) is 0 Å². The zero-order valence-corrected chi connectivity index (χ0v) is 11.0. The molecule has 0 aliphatic heterocycles. The summed E-state index contributed by atoms with van der Waals surface area (Å²) in [6.07, 6.45) is 5.97. The number of aryl methyl sites for hydroxylation is 1. The fourth-order valence-electron chi connectivity index (χ4n) is 1.87. The molecule has 0 heterocycles. The Morgan fingerprint density at radius 2 is 2.00 bits per heavy atom. The summed E-state index contributed by atoms with van der Waals surface area (Å²) in [4.78, 5) is 11.6. The zero-order valence-electron chi connectivity index (χ0n) is 11.0. The molecule has 3 heteroatoms. The molecule has 0 unspecified atom stereocenters. The second-order valence-electron chi connectivity index (χ2n) is 5.00. The summed E-state index contributed by atoms with van der Waals surface area (Å²) in [7, 11) is 0. The van der Waals surface area contributed by atoms with Gasteiger partial charge in [-0.2, -0.15) is 0 Å². The summed E-state index contributed by atoms with van der Waals surface area (Å²) in [5, 5.41) is 6.11. The van der Waals surface area contributed by atoms with E-state index in [9.17, 15) is 4.79 Å². The minimum atomic E-state index is 0.0446. The Hall–Kier alpha value is -1.35. The molecule has 1 saturated carbocycles. The van der Waals surface area contributed by atoms with E-state index in [1.54, 1.807) is 0 Å². The number of rotatable bonds is 7. The number of anilines is 1. The number of hydrogen-bond donors (Lipinski definition) is 2. The second-order valence-corrected chi connectivity index (χ2v) is 5.00. The van der Waals surface area contributed by atoms with Crippen LogP contribution in [-0.2, 0) is 11.2 Å². The van der Waals surface area contributed by atoms with Gasteiger partial charge in [-0.1, -0.05) is 25.5 Å². The number of unbranched alkanes of at least 4 members (excludes halogenated alkanes) is 1. The van der Waals surface area contributed by atoms with Crippen LogP contribution in [-0.4, -0.2) is 18.5 Å². The van der Waals surface area contributed by atoms with Crippen LogP contribution in [0.25, 0.3) is 0 Å². The minimum Gasteiger partial charge on any atom is -0.325 e. The van der Waals surface area contributed by atoms with Crippen LogP contribution in [0, 0.1) is 0 Å². The standard InChI is InChI=1S/C15H22N2O/c1-2-3-4-12-5-7-14(8-6-12)17-15(18)11-16-13-9-10-13/h5-8,13,16H,2-4,9-11H2,1H3,(H,17,18). The molecule has 1 aromatic carbocycles. The highest BCUT2D eigenvalue weighted by atomic mass is 16.1. The van der Waals surface area contributed by atoms with E-state index in [0.29, 0.717) is 12.6 Å². The van der Waals surface area contributed by atoms with Crippen LogP contribution in [0.5, 0.6) is 0 Å². The SMILES string of the molecule is CCCCc1ccc(NC(=O)CNC2CC2)cc1. The molecule has 1 aromatic rings. The molecule has 1 fully saturated rings. The first-order valence-electron chi connectivity index (χ1n) is 6.90. The molecule has 2 N–H and O–H groups in total. The first-order chi connectivity index (χ1) is 8.78. The van der Waals surface area contributed by atoms with Crippen LogP contribution in [0.1, 0.15) is 38.2 Å². The summed E-state index contributed by atoms with van der Waals surface area (Å²) in [6, 6.07) is 8.74. The van der Waals surface area contributed by atoms with Gasteiger partial charge in [-0.05, 0) is 43.4 Å². The van der Waals surface area contributed by atoms with E-state index in [4.69, 9.17) is 0 Å². The number of carbonyl (C=O) groups is 1. The number of hydrogen-bond acceptors (Lipinski definition) is 2. The van der Waals surface area contributed by atoms with E-state index in [1.165, 1.54) is 31.2 Å². The van der Waals surface area contributed by atoms with Crippen molar-refractivity contribution in [1.29, 1.82) is 0 Å². The van der Waals surface area contributed by atoms with Crippen LogP contribution < -0.4 is 10.6 Å². The van der Waals surface area contributed by atoms with Crippen molar-refractivity contribution in [2.75, 3.05) is 11.9 Å². The molecule has 2 rings (SSSR count). The number of nitrogens with one attached hydrogen (secondary N) is 2. The Kier molecular flexibility index (Phi) is 4.76. The van der Waals surface area contributed by atoms with Gasteiger partial charge in [0.15, 0.2) is 0 Å². The zero-order chi connectivity index (χ0) is 12.8. The monoisotopic (exact) mass is 246 g/mol. The number of carbonyl (C=O) groups excluding carboxylic acids is 1. The van der Waals surface area contributed by atoms with E-state index in [1.807, 2.05) is 12.1 Å². The quantitative estimate of drug-likeness (QED) is 0.776. The van der Waals surface area contributed by atoms with Crippen molar-refractivity contribution in [2.24, 2.45) is 0 Å². The highest BCUT2D eigenvalue weighted by Gasteiger charge is 2.20. The van der Waals surface area contributed by atoms with Gasteiger partial charge in [0.05, 0.1) is 6.54 Å². The lowest BCUT2D eigenvalue weighted by Crippen LogP contribution is -2.29. The highest BCUT2D eigenvalue weighted by molar-refractivity contribution is 5.92. The Morgan fingerprint density at radius 3 is 2.61 bits per heavy atom. The van der Waals surface area contributed by atoms with Gasteiger partial charge in [-0.15, -0.1) is 0 Å². The molecule has 3 nitrogen and oxygen atoms in total. The van der Waals surface area contributed by atoms with Crippen molar-refractivity contribution < 1.29 is 4.79 Å². The van der Waals surface area contributed by atoms with Gasteiger partial charge in [0.2, 0.25) is 5.91 Å². The Balaban J connectivity index is 1.75. The molecule has 1 aliphatic rings. The average molecular weight is 246 g/mol. The van der Waals surface area contributed by atoms with Crippen molar-refractivity contribution >= 4 is 11.6 Å². The van der Waals surface area contributed by atoms with Crippen molar-refractivity contribution in [2.45, 2.75) is 45.1 Å². The van der Waals surface area contributed by atoms with Crippen LogP contribution in [0.2, 0.25) is 0 Å². The average Bonchev–Trinajstić information content (AvgIpc) is 3.20. The Bertz CT molecular complexity index is 382. The van der Waals surface area contributed by atoms with Crippen molar-refractivity contribution in [3.63, 3.8) is 0 Å². The molecule has 18 heavy (non-hydrogen) atoms. The maximum Gasteiger partial charge on any atom is 0.238 e. The van der Waals surface area contributed by atoms with Gasteiger partial charge in [0.1, 0.15) is 0 Å². The summed E-state index contributed by atoms with van der Waals surface area (Å²) >= 11 is 0. The Morgan fingerprint density at radius 1 is 1.28 bits per heavy atom.